The van der Waals surface area contributed by atoms with Gasteiger partial charge in [-0.15, -0.1) is 0 Å². The summed E-state index contributed by atoms with van der Waals surface area (Å²) in [5, 5.41) is 7.92. The van der Waals surface area contributed by atoms with Crippen molar-refractivity contribution in [2.24, 2.45) is 5.41 Å². The first-order chi connectivity index (χ1) is 63.0. The summed E-state index contributed by atoms with van der Waals surface area (Å²) in [5.41, 5.74) is 48.3. The van der Waals surface area contributed by atoms with Crippen LogP contribution in [0.15, 0.2) is 276 Å². The van der Waals surface area contributed by atoms with Gasteiger partial charge in [0.1, 0.15) is 11.2 Å². The highest BCUT2D eigenvalue weighted by Gasteiger charge is 2.60. The molecule has 0 amide bonds. The smallest absolute Gasteiger partial charge is 0.252 e. The van der Waals surface area contributed by atoms with Crippen LogP contribution in [0.4, 0.5) is 45.5 Å². The highest BCUT2D eigenvalue weighted by Crippen LogP contribution is 2.65. The molecule has 4 atom stereocenters. The van der Waals surface area contributed by atoms with E-state index in [-0.39, 0.29) is 46.0 Å². The zero-order valence-electron chi connectivity index (χ0n) is 78.4. The summed E-state index contributed by atoms with van der Waals surface area (Å²) in [5.74, 6) is 0. The number of aryl methyl sites for hydroxylation is 2. The molecular formula is C121H110B2ClN5O2. The Hall–Kier alpha value is -12.4. The fourth-order valence-electron chi connectivity index (χ4n) is 27.7. The van der Waals surface area contributed by atoms with E-state index in [2.05, 4.69) is 389 Å². The lowest BCUT2D eigenvalue weighted by Gasteiger charge is -2.50. The third kappa shape index (κ3) is 10.5. The number of nitrogens with zero attached hydrogens (tertiary/aromatic N) is 5. The van der Waals surface area contributed by atoms with Crippen LogP contribution < -0.4 is 47.5 Å². The lowest BCUT2D eigenvalue weighted by molar-refractivity contribution is 0.109. The third-order valence-corrected chi connectivity index (χ3v) is 34.7. The van der Waals surface area contributed by atoms with Crippen molar-refractivity contribution in [1.82, 2.24) is 9.13 Å². The number of halogens is 1. The van der Waals surface area contributed by atoms with E-state index in [9.17, 15) is 0 Å². The second-order valence-corrected chi connectivity index (χ2v) is 44.8. The maximum atomic E-state index is 6.97. The van der Waals surface area contributed by atoms with Gasteiger partial charge in [0.15, 0.2) is 11.2 Å². The fraction of sp³-hybridized carbons (Fsp3) is 0.273. The second kappa shape index (κ2) is 26.9. The van der Waals surface area contributed by atoms with Crippen LogP contribution in [0.3, 0.4) is 0 Å². The molecule has 18 aromatic rings. The van der Waals surface area contributed by atoms with Gasteiger partial charge in [-0.1, -0.05) is 315 Å². The Bertz CT molecular complexity index is 8110. The van der Waals surface area contributed by atoms with Crippen LogP contribution in [0.1, 0.15) is 210 Å². The summed E-state index contributed by atoms with van der Waals surface area (Å²) < 4.78 is 18.9. The third-order valence-electron chi connectivity index (χ3n) is 34.4. The van der Waals surface area contributed by atoms with Gasteiger partial charge in [0, 0.05) is 133 Å². The Morgan fingerprint density at radius 1 is 0.351 bits per heavy atom. The van der Waals surface area contributed by atoms with Crippen LogP contribution in [-0.4, -0.2) is 28.1 Å². The van der Waals surface area contributed by atoms with E-state index in [1.54, 1.807) is 11.1 Å². The highest BCUT2D eigenvalue weighted by atomic mass is 35.5. The van der Waals surface area contributed by atoms with Crippen molar-refractivity contribution in [3.63, 3.8) is 0 Å². The van der Waals surface area contributed by atoms with E-state index in [1.807, 2.05) is 12.1 Å². The minimum Gasteiger partial charge on any atom is -0.454 e. The number of hydrogen-bond acceptors (Lipinski definition) is 5. The number of furan rings is 2. The summed E-state index contributed by atoms with van der Waals surface area (Å²) in [6.45, 7) is 38.5. The van der Waals surface area contributed by atoms with E-state index in [0.29, 0.717) is 10.8 Å². The van der Waals surface area contributed by atoms with Gasteiger partial charge in [0.05, 0.1) is 16.9 Å². The second-order valence-electron chi connectivity index (χ2n) is 44.4. The van der Waals surface area contributed by atoms with Gasteiger partial charge in [-0.3, -0.25) is 0 Å². The summed E-state index contributed by atoms with van der Waals surface area (Å²) >= 11 is 6.84. The van der Waals surface area contributed by atoms with Gasteiger partial charge >= 0.3 is 0 Å². The molecule has 28 rings (SSSR count). The quantitative estimate of drug-likeness (QED) is 0.165. The van der Waals surface area contributed by atoms with Gasteiger partial charge < -0.3 is 32.7 Å². The largest absolute Gasteiger partial charge is 0.454 e. The Balaban J connectivity index is 0.000000118. The van der Waals surface area contributed by atoms with Crippen molar-refractivity contribution in [1.29, 1.82) is 0 Å². The predicted octanol–water partition coefficient (Wildman–Crippen LogP) is 28.6. The zero-order valence-corrected chi connectivity index (χ0v) is 79.1. The molecule has 2 saturated carbocycles. The normalized spacial score (nSPS) is 20.6. The van der Waals surface area contributed by atoms with Gasteiger partial charge in [0.2, 0.25) is 0 Å². The van der Waals surface area contributed by atoms with E-state index in [4.69, 9.17) is 20.4 Å². The molecule has 10 aliphatic rings. The molecule has 7 nitrogen and oxygen atoms in total. The Morgan fingerprint density at radius 3 is 1.35 bits per heavy atom. The maximum absolute atomic E-state index is 6.97. The number of rotatable bonds is 3. The minimum atomic E-state index is -0.184. The summed E-state index contributed by atoms with van der Waals surface area (Å²) in [6, 6.07) is 101. The molecule has 2 fully saturated rings. The van der Waals surface area contributed by atoms with Crippen LogP contribution in [0.25, 0.3) is 99.3 Å². The Labute approximate surface area is 775 Å². The fourth-order valence-corrected chi connectivity index (χ4v) is 27.8. The Morgan fingerprint density at radius 2 is 0.802 bits per heavy atom. The minimum absolute atomic E-state index is 0.0210. The Kier molecular flexibility index (Phi) is 16.3. The van der Waals surface area contributed by atoms with Crippen molar-refractivity contribution in [3.8, 4) is 33.6 Å². The van der Waals surface area contributed by atoms with E-state index >= 15 is 0 Å². The molecule has 4 aromatic heterocycles. The van der Waals surface area contributed by atoms with Gasteiger partial charge in [-0.25, -0.2) is 0 Å². The number of fused-ring (bicyclic) bond motifs is 30. The molecule has 10 heteroatoms. The molecule has 14 aromatic carbocycles. The zero-order chi connectivity index (χ0) is 89.3. The molecule has 4 unspecified atom stereocenters. The van der Waals surface area contributed by atoms with Crippen LogP contribution in [0.5, 0.6) is 0 Å². The number of benzene rings is 14. The van der Waals surface area contributed by atoms with E-state index in [0.717, 1.165) is 72.4 Å². The van der Waals surface area contributed by atoms with Crippen LogP contribution in [-0.2, 0) is 38.9 Å². The average molecular weight is 1720 g/mol. The molecule has 0 saturated heterocycles. The van der Waals surface area contributed by atoms with Gasteiger partial charge in [0.25, 0.3) is 13.4 Å². The SMILES string of the molecule is CC(C)(C)c1ccc2c(c1)C1(C)CCCCC1(C)C2.Cc1cc2c3c(c1)-n1c4c(c5cccc(c51)B3c1ccc(Cl)cc1N2c1cccc2c1oc1ccccc12)-c1ccccc1C4(C)C.Cc1cc2c3c(c1)-n1c4c(c5cccc(c51)B3c1ccc(N3c5ccc(C(C)(C)C)cc5C5(C)CCCCC35C)cc1N2c1cccc2c1oc1ccccc12)-c1ccccc1C4(C)C. The summed E-state index contributed by atoms with van der Waals surface area (Å²) in [6.07, 6.45) is 11.8. The highest BCUT2D eigenvalue weighted by molar-refractivity contribution is 7.01. The molecule has 0 spiro atoms. The molecular weight excluding hydrogens is 1610 g/mol. The number of aromatic nitrogens is 2. The van der Waals surface area contributed by atoms with E-state index < -0.39 is 0 Å². The summed E-state index contributed by atoms with van der Waals surface area (Å²) in [7, 11) is 0. The van der Waals surface area contributed by atoms with Crippen molar-refractivity contribution in [2.75, 3.05) is 14.7 Å². The maximum Gasteiger partial charge on any atom is 0.252 e. The van der Waals surface area contributed by atoms with Gasteiger partial charge in [-0.05, 0) is 247 Å². The molecule has 5 aliphatic heterocycles. The van der Waals surface area contributed by atoms with Crippen molar-refractivity contribution >= 4 is 169 Å². The van der Waals surface area contributed by atoms with Crippen molar-refractivity contribution < 1.29 is 8.83 Å². The molecule has 0 bridgehead atoms. The first-order valence-electron chi connectivity index (χ1n) is 48.3. The molecule has 5 aliphatic carbocycles. The molecule has 0 radical (unpaired) electrons. The standard InChI is InChI=1S/C60H54BN3O.C42H28BClN2O.C19H28/c1-35-31-49-53-50(32-35)63-54-41(52-40-18-9-11-21-42(40)58(5,6)56(52)63)20-15-22-45(54)61(53)44-27-26-37(34-48(44)62(49)47-23-16-19-39-38-17-10-12-24-51(38)65-55(39)47)64-46-28-25-36(57(2,3)4)33-43(46)59(7)29-13-14-30-60(59,64)8;1-23-20-34-38-35(21-23)46-39-28(37-27-11-4-6-14-29(27)42(2,3)41(37)46)13-8-15-31(39)43(38)30-19-18-24(44)22-33(30)45(34)32-16-9-12-26-25-10-5-7-17-36(25)47-40(26)32;1-17(2,3)15-9-8-14-13-18(4)10-6-7-11-19(18,5)16(14)12-15/h9-12,15-28,31-34H,13-14,29-30H2,1-8H3;4-22H,1-3H3;8-9,12H,6-7,10-11,13H2,1-5H3. The lowest BCUT2D eigenvalue weighted by Crippen LogP contribution is -2.60. The monoisotopic (exact) mass is 1720 g/mol. The lowest BCUT2D eigenvalue weighted by atomic mass is 9.33. The van der Waals surface area contributed by atoms with Crippen molar-refractivity contribution in [3.05, 3.63) is 333 Å². The van der Waals surface area contributed by atoms with Crippen LogP contribution in [0, 0.1) is 19.3 Å². The van der Waals surface area contributed by atoms with Crippen molar-refractivity contribution in [2.45, 2.75) is 207 Å². The topological polar surface area (TPSA) is 45.9 Å². The molecule has 0 N–H and O–H groups in total. The molecule has 9 heterocycles. The number of anilines is 8. The molecule has 644 valence electrons. The molecule has 131 heavy (non-hydrogen) atoms. The number of hydrogen-bond donors (Lipinski definition) is 0. The van der Waals surface area contributed by atoms with E-state index in [1.165, 1.54) is 218 Å². The van der Waals surface area contributed by atoms with Crippen LogP contribution in [0.2, 0.25) is 5.02 Å². The average Bonchev–Trinajstić information content (AvgIpc) is 1.65. The first-order valence-corrected chi connectivity index (χ1v) is 48.6. The number of para-hydroxylation sites is 6. The van der Waals surface area contributed by atoms with Crippen LogP contribution >= 0.6 is 11.6 Å². The first kappa shape index (κ1) is 79.5. The van der Waals surface area contributed by atoms with Gasteiger partial charge in [-0.2, -0.15) is 0 Å². The predicted molar refractivity (Wildman–Crippen MR) is 554 cm³/mol. The summed E-state index contributed by atoms with van der Waals surface area (Å²) in [4.78, 5) is 7.76.